The van der Waals surface area contributed by atoms with Gasteiger partial charge < -0.3 is 15.3 Å². The van der Waals surface area contributed by atoms with E-state index >= 15 is 0 Å². The van der Waals surface area contributed by atoms with Crippen LogP contribution in [-0.4, -0.2) is 38.7 Å². The monoisotopic (exact) mass is 422 g/mol. The van der Waals surface area contributed by atoms with Crippen LogP contribution in [0.25, 0.3) is 11.3 Å². The number of carbonyl (C=O) groups is 1. The van der Waals surface area contributed by atoms with Crippen LogP contribution in [-0.2, 0) is 6.54 Å². The number of benzene rings is 1. The van der Waals surface area contributed by atoms with Crippen molar-refractivity contribution in [3.63, 3.8) is 0 Å². The van der Waals surface area contributed by atoms with Crippen LogP contribution in [0.2, 0.25) is 0 Å². The quantitative estimate of drug-likeness (QED) is 0.536. The van der Waals surface area contributed by atoms with Crippen LogP contribution in [0.3, 0.4) is 0 Å². The van der Waals surface area contributed by atoms with Gasteiger partial charge in [-0.15, -0.1) is 11.3 Å². The molecular weight excluding hydrogens is 396 g/mol. The van der Waals surface area contributed by atoms with Gasteiger partial charge in [0.25, 0.3) is 0 Å². The summed E-state index contributed by atoms with van der Waals surface area (Å²) in [7, 11) is 0. The number of thiazole rings is 1. The van der Waals surface area contributed by atoms with E-state index in [9.17, 15) is 9.90 Å². The Labute approximate surface area is 180 Å². The van der Waals surface area contributed by atoms with E-state index in [1.807, 2.05) is 42.5 Å². The zero-order chi connectivity index (χ0) is 20.8. The number of nitrogens with zero attached hydrogens (tertiary/aromatic N) is 3. The van der Waals surface area contributed by atoms with E-state index in [1.165, 1.54) is 0 Å². The van der Waals surface area contributed by atoms with Crippen molar-refractivity contribution in [2.45, 2.75) is 38.3 Å². The molecule has 3 aromatic rings. The van der Waals surface area contributed by atoms with Crippen molar-refractivity contribution in [3.8, 4) is 11.3 Å². The summed E-state index contributed by atoms with van der Waals surface area (Å²) in [5.74, 6) is 0.543. The molecule has 1 amide bonds. The maximum Gasteiger partial charge on any atom is 0.407 e. The van der Waals surface area contributed by atoms with Gasteiger partial charge in [0.05, 0.1) is 5.69 Å². The highest BCUT2D eigenvalue weighted by molar-refractivity contribution is 7.14. The highest BCUT2D eigenvalue weighted by Crippen LogP contribution is 2.30. The molecule has 0 aliphatic heterocycles. The highest BCUT2D eigenvalue weighted by atomic mass is 32.1. The predicted molar refractivity (Wildman–Crippen MR) is 120 cm³/mol. The smallest absolute Gasteiger partial charge is 0.407 e. The molecule has 30 heavy (non-hydrogen) atoms. The van der Waals surface area contributed by atoms with E-state index in [-0.39, 0.29) is 6.04 Å². The molecule has 0 spiro atoms. The second-order valence-corrected chi connectivity index (χ2v) is 8.58. The molecule has 1 aliphatic carbocycles. The van der Waals surface area contributed by atoms with E-state index in [0.717, 1.165) is 54.2 Å². The highest BCUT2D eigenvalue weighted by Gasteiger charge is 2.28. The van der Waals surface area contributed by atoms with Crippen LogP contribution in [0.1, 0.15) is 31.2 Å². The normalized spacial score (nSPS) is 18.7. The fourth-order valence-corrected chi connectivity index (χ4v) is 4.77. The molecular formula is C23H26N4O2S. The van der Waals surface area contributed by atoms with Gasteiger partial charge in [-0.05, 0) is 49.3 Å². The fourth-order valence-electron chi connectivity index (χ4n) is 4.04. The molecule has 6 nitrogen and oxygen atoms in total. The maximum absolute atomic E-state index is 11.8. The van der Waals surface area contributed by atoms with Gasteiger partial charge in [-0.1, -0.05) is 30.3 Å². The van der Waals surface area contributed by atoms with Gasteiger partial charge in [-0.25, -0.2) is 9.78 Å². The number of aromatic nitrogens is 2. The maximum atomic E-state index is 11.8. The Bertz CT molecular complexity index is 940. The third-order valence-electron chi connectivity index (χ3n) is 5.72. The fraction of sp³-hybridized carbons (Fsp3) is 0.348. The molecule has 2 N–H and O–H groups in total. The van der Waals surface area contributed by atoms with Gasteiger partial charge >= 0.3 is 6.09 Å². The zero-order valence-electron chi connectivity index (χ0n) is 16.8. The summed E-state index contributed by atoms with van der Waals surface area (Å²) in [6, 6.07) is 13.9. The lowest BCUT2D eigenvalue weighted by atomic mass is 9.85. The first-order valence-electron chi connectivity index (χ1n) is 10.3. The van der Waals surface area contributed by atoms with Gasteiger partial charge in [0.2, 0.25) is 0 Å². The molecule has 2 heterocycles. The molecule has 0 saturated heterocycles. The summed E-state index contributed by atoms with van der Waals surface area (Å²) >= 11 is 1.61. The zero-order valence-corrected chi connectivity index (χ0v) is 17.6. The molecule has 7 heteroatoms. The average molecular weight is 423 g/mol. The van der Waals surface area contributed by atoms with Crippen LogP contribution in [0.15, 0.2) is 60.2 Å². The van der Waals surface area contributed by atoms with Gasteiger partial charge in [-0.3, -0.25) is 4.98 Å². The first kappa shape index (κ1) is 20.3. The lowest BCUT2D eigenvalue weighted by Crippen LogP contribution is -2.41. The van der Waals surface area contributed by atoms with Gasteiger partial charge in [0.15, 0.2) is 5.13 Å². The average Bonchev–Trinajstić information content (AvgIpc) is 3.27. The molecule has 1 fully saturated rings. The molecule has 2 aromatic heterocycles. The summed E-state index contributed by atoms with van der Waals surface area (Å²) in [5, 5.41) is 16.2. The third-order valence-corrected chi connectivity index (χ3v) is 6.52. The Morgan fingerprint density at radius 1 is 1.10 bits per heavy atom. The number of hydrogen-bond acceptors (Lipinski definition) is 5. The summed E-state index contributed by atoms with van der Waals surface area (Å²) in [6.07, 6.45) is 6.60. The van der Waals surface area contributed by atoms with Crippen molar-refractivity contribution in [3.05, 3.63) is 65.8 Å². The van der Waals surface area contributed by atoms with Crippen molar-refractivity contribution < 1.29 is 9.90 Å². The van der Waals surface area contributed by atoms with Gasteiger partial charge in [-0.2, -0.15) is 0 Å². The van der Waals surface area contributed by atoms with Crippen molar-refractivity contribution in [1.29, 1.82) is 0 Å². The molecule has 0 unspecified atom stereocenters. The number of hydrogen-bond donors (Lipinski definition) is 2. The molecule has 0 atom stereocenters. The van der Waals surface area contributed by atoms with Crippen molar-refractivity contribution in [2.75, 3.05) is 11.9 Å². The third kappa shape index (κ3) is 5.16. The van der Waals surface area contributed by atoms with E-state index in [0.29, 0.717) is 12.5 Å². The van der Waals surface area contributed by atoms with Crippen LogP contribution >= 0.6 is 11.3 Å². The number of carboxylic acid groups (broad SMARTS) is 1. The van der Waals surface area contributed by atoms with Crippen LogP contribution in [0, 0.1) is 5.92 Å². The van der Waals surface area contributed by atoms with E-state index in [4.69, 9.17) is 0 Å². The van der Waals surface area contributed by atoms with Gasteiger partial charge in [0, 0.05) is 42.5 Å². The van der Waals surface area contributed by atoms with E-state index in [1.54, 1.807) is 28.6 Å². The Morgan fingerprint density at radius 3 is 2.53 bits per heavy atom. The Kier molecular flexibility index (Phi) is 6.59. The molecule has 1 saturated carbocycles. The second-order valence-electron chi connectivity index (χ2n) is 7.73. The van der Waals surface area contributed by atoms with Gasteiger partial charge in [0.1, 0.15) is 0 Å². The largest absolute Gasteiger partial charge is 0.465 e. The molecule has 1 aromatic carbocycles. The molecule has 0 radical (unpaired) electrons. The standard InChI is InChI=1S/C23H26N4O2S/c28-23(29)27(15-18-4-2-1-3-5-18)20-8-6-17(7-9-20)14-25-22-26-21(16-30-22)19-10-12-24-13-11-19/h1-5,10-13,16-17,20H,6-9,14-15H2,(H,25,26)(H,28,29). The van der Waals surface area contributed by atoms with Crippen LogP contribution < -0.4 is 5.32 Å². The van der Waals surface area contributed by atoms with Crippen molar-refractivity contribution in [1.82, 2.24) is 14.9 Å². The summed E-state index contributed by atoms with van der Waals surface area (Å²) in [5.41, 5.74) is 3.08. The molecule has 4 rings (SSSR count). The first-order valence-corrected chi connectivity index (χ1v) is 11.2. The molecule has 0 bridgehead atoms. The van der Waals surface area contributed by atoms with E-state index in [2.05, 4.69) is 20.7 Å². The predicted octanol–water partition coefficient (Wildman–Crippen LogP) is 5.36. The Morgan fingerprint density at radius 2 is 1.83 bits per heavy atom. The minimum Gasteiger partial charge on any atom is -0.465 e. The summed E-state index contributed by atoms with van der Waals surface area (Å²) in [4.78, 5) is 22.1. The summed E-state index contributed by atoms with van der Waals surface area (Å²) < 4.78 is 0. The van der Waals surface area contributed by atoms with Crippen molar-refractivity contribution in [2.24, 2.45) is 5.92 Å². The lowest BCUT2D eigenvalue weighted by Gasteiger charge is -2.35. The Balaban J connectivity index is 1.27. The minimum atomic E-state index is -0.827. The number of amides is 1. The van der Waals surface area contributed by atoms with Crippen molar-refractivity contribution >= 4 is 22.6 Å². The number of nitrogens with one attached hydrogen (secondary N) is 1. The van der Waals surface area contributed by atoms with E-state index < -0.39 is 6.09 Å². The Hall–Kier alpha value is -2.93. The number of rotatable bonds is 7. The number of anilines is 1. The first-order chi connectivity index (χ1) is 14.7. The van der Waals surface area contributed by atoms with Crippen LogP contribution in [0.5, 0.6) is 0 Å². The molecule has 156 valence electrons. The topological polar surface area (TPSA) is 78.4 Å². The minimum absolute atomic E-state index is 0.0945. The SMILES string of the molecule is O=C(O)N(Cc1ccccc1)C1CCC(CNc2nc(-c3ccncc3)cs2)CC1. The summed E-state index contributed by atoms with van der Waals surface area (Å²) in [6.45, 7) is 1.34. The lowest BCUT2D eigenvalue weighted by molar-refractivity contribution is 0.100. The molecule has 1 aliphatic rings. The second kappa shape index (κ2) is 9.71. The van der Waals surface area contributed by atoms with Crippen LogP contribution in [0.4, 0.5) is 9.93 Å². The number of pyridine rings is 1.